The molecule has 0 spiro atoms. The number of halogens is 5. The summed E-state index contributed by atoms with van der Waals surface area (Å²) in [4.78, 5) is 8.92. The maximum atomic E-state index is 13.1. The van der Waals surface area contributed by atoms with Crippen LogP contribution in [0.4, 0.5) is 22.0 Å². The minimum atomic E-state index is -4.46. The number of imidazole rings is 1. The molecule has 4 aromatic rings. The highest BCUT2D eigenvalue weighted by atomic mass is 19.4. The zero-order chi connectivity index (χ0) is 26.0. The van der Waals surface area contributed by atoms with Crippen molar-refractivity contribution in [2.75, 3.05) is 6.61 Å². The van der Waals surface area contributed by atoms with Crippen LogP contribution in [-0.2, 0) is 6.18 Å². The molecule has 2 aromatic carbocycles. The summed E-state index contributed by atoms with van der Waals surface area (Å²) in [6, 6.07) is 12.8. The lowest BCUT2D eigenvalue weighted by molar-refractivity contribution is -0.137. The van der Waals surface area contributed by atoms with Crippen molar-refractivity contribution in [1.29, 1.82) is 0 Å². The number of rotatable bonds is 8. The molecule has 0 radical (unpaired) electrons. The van der Waals surface area contributed by atoms with Crippen LogP contribution in [0.1, 0.15) is 36.2 Å². The Hall–Kier alpha value is -3.95. The summed E-state index contributed by atoms with van der Waals surface area (Å²) in [6.45, 7) is -2.63. The molecule has 0 unspecified atom stereocenters. The second-order valence-corrected chi connectivity index (χ2v) is 8.69. The van der Waals surface area contributed by atoms with Gasteiger partial charge in [-0.05, 0) is 73.4 Å². The summed E-state index contributed by atoms with van der Waals surface area (Å²) in [5, 5.41) is 0. The Morgan fingerprint density at radius 1 is 1.00 bits per heavy atom. The maximum absolute atomic E-state index is 13.1. The number of aromatic nitrogens is 3. The van der Waals surface area contributed by atoms with Gasteiger partial charge < -0.3 is 9.47 Å². The molecule has 37 heavy (non-hydrogen) atoms. The van der Waals surface area contributed by atoms with E-state index in [1.807, 2.05) is 0 Å². The number of para-hydroxylation sites is 1. The summed E-state index contributed by atoms with van der Waals surface area (Å²) in [6.07, 6.45) is 3.55. The van der Waals surface area contributed by atoms with Gasteiger partial charge in [0.15, 0.2) is 17.1 Å². The number of pyridine rings is 1. The van der Waals surface area contributed by atoms with Crippen molar-refractivity contribution in [1.82, 2.24) is 14.5 Å². The summed E-state index contributed by atoms with van der Waals surface area (Å²) in [5.41, 5.74) is 1.16. The van der Waals surface area contributed by atoms with Crippen LogP contribution >= 0.6 is 0 Å². The molecule has 5 nitrogen and oxygen atoms in total. The predicted octanol–water partition coefficient (Wildman–Crippen LogP) is 7.39. The quantitative estimate of drug-likeness (QED) is 0.230. The molecule has 2 aromatic heterocycles. The van der Waals surface area contributed by atoms with Crippen LogP contribution < -0.4 is 9.47 Å². The van der Waals surface area contributed by atoms with E-state index in [9.17, 15) is 22.0 Å². The number of fused-ring (bicyclic) bond motifs is 1. The van der Waals surface area contributed by atoms with Gasteiger partial charge in [-0.2, -0.15) is 22.0 Å². The summed E-state index contributed by atoms with van der Waals surface area (Å²) < 4.78 is 77.5. The molecule has 1 fully saturated rings. The van der Waals surface area contributed by atoms with E-state index < -0.39 is 18.4 Å². The Morgan fingerprint density at radius 2 is 1.78 bits per heavy atom. The molecule has 0 bridgehead atoms. The molecule has 2 heterocycles. The van der Waals surface area contributed by atoms with E-state index in [1.165, 1.54) is 18.2 Å². The third-order valence-electron chi connectivity index (χ3n) is 6.22. The minimum absolute atomic E-state index is 0.0746. The number of hydrogen-bond acceptors (Lipinski definition) is 4. The van der Waals surface area contributed by atoms with E-state index in [4.69, 9.17) is 4.74 Å². The molecule has 0 N–H and O–H groups in total. The fraction of sp³-hybridized carbons (Fsp3) is 0.259. The molecule has 0 atom stereocenters. The smallest absolute Gasteiger partial charge is 0.416 e. The molecule has 0 aliphatic heterocycles. The van der Waals surface area contributed by atoms with Crippen molar-refractivity contribution in [3.05, 3.63) is 77.7 Å². The second kappa shape index (κ2) is 10.2. The SMILES string of the molecule is FC(F)Oc1cccc(C=Cc2nc3cccnc3n2-c2ccc(C(F)(F)F)cc2)c1OCC1CCC1. The predicted molar refractivity (Wildman–Crippen MR) is 129 cm³/mol. The molecular formula is C27H22F5N3O2. The zero-order valence-electron chi connectivity index (χ0n) is 19.5. The molecule has 192 valence electrons. The first-order valence-corrected chi connectivity index (χ1v) is 11.7. The van der Waals surface area contributed by atoms with Crippen molar-refractivity contribution >= 4 is 23.3 Å². The lowest BCUT2D eigenvalue weighted by atomic mass is 9.86. The second-order valence-electron chi connectivity index (χ2n) is 8.69. The van der Waals surface area contributed by atoms with Gasteiger partial charge in [0.25, 0.3) is 0 Å². The van der Waals surface area contributed by atoms with Crippen LogP contribution in [0.3, 0.4) is 0 Å². The normalized spacial score (nSPS) is 14.4. The van der Waals surface area contributed by atoms with Gasteiger partial charge in [0.1, 0.15) is 11.3 Å². The average Bonchev–Trinajstić information content (AvgIpc) is 3.20. The molecular weight excluding hydrogens is 493 g/mol. The van der Waals surface area contributed by atoms with Gasteiger partial charge in [-0.25, -0.2) is 9.97 Å². The van der Waals surface area contributed by atoms with Gasteiger partial charge in [0, 0.05) is 17.4 Å². The monoisotopic (exact) mass is 515 g/mol. The Labute approximate surface area is 209 Å². The highest BCUT2D eigenvalue weighted by Crippen LogP contribution is 2.36. The van der Waals surface area contributed by atoms with Gasteiger partial charge in [0.2, 0.25) is 0 Å². The van der Waals surface area contributed by atoms with Gasteiger partial charge in [-0.3, -0.25) is 4.57 Å². The lowest BCUT2D eigenvalue weighted by Gasteiger charge is -2.26. The van der Waals surface area contributed by atoms with Crippen molar-refractivity contribution in [3.63, 3.8) is 0 Å². The summed E-state index contributed by atoms with van der Waals surface area (Å²) in [5.74, 6) is 0.876. The fourth-order valence-corrected chi connectivity index (χ4v) is 4.13. The van der Waals surface area contributed by atoms with Crippen molar-refractivity contribution in [3.8, 4) is 17.2 Å². The topological polar surface area (TPSA) is 49.2 Å². The van der Waals surface area contributed by atoms with Gasteiger partial charge in [-0.1, -0.05) is 18.6 Å². The standard InChI is InChI=1S/C27H22F5N3O2/c28-26(29)37-22-8-2-6-18(24(22)36-16-17-4-1-5-17)9-14-23-34-21-7-3-15-33-25(21)35(23)20-12-10-19(11-13-20)27(30,31)32/h2-3,6-15,17,26H,1,4-5,16H2. The van der Waals surface area contributed by atoms with Crippen molar-refractivity contribution in [2.45, 2.75) is 32.1 Å². The average molecular weight is 515 g/mol. The van der Waals surface area contributed by atoms with E-state index in [0.29, 0.717) is 40.8 Å². The van der Waals surface area contributed by atoms with Crippen molar-refractivity contribution < 1.29 is 31.4 Å². The number of ether oxygens (including phenoxy) is 2. The van der Waals surface area contributed by atoms with Gasteiger partial charge in [-0.15, -0.1) is 0 Å². The van der Waals surface area contributed by atoms with Crippen LogP contribution in [0.2, 0.25) is 0 Å². The first-order chi connectivity index (χ1) is 17.8. The zero-order valence-corrected chi connectivity index (χ0v) is 19.5. The van der Waals surface area contributed by atoms with Crippen molar-refractivity contribution in [2.24, 2.45) is 5.92 Å². The highest BCUT2D eigenvalue weighted by molar-refractivity contribution is 5.80. The summed E-state index contributed by atoms with van der Waals surface area (Å²) in [7, 11) is 0. The molecule has 0 amide bonds. The van der Waals surface area contributed by atoms with E-state index >= 15 is 0 Å². The van der Waals surface area contributed by atoms with E-state index in [1.54, 1.807) is 47.2 Å². The minimum Gasteiger partial charge on any atom is -0.489 e. The number of nitrogens with zero attached hydrogens (tertiary/aromatic N) is 3. The van der Waals surface area contributed by atoms with Crippen LogP contribution in [-0.4, -0.2) is 27.8 Å². The maximum Gasteiger partial charge on any atom is 0.416 e. The Balaban J connectivity index is 1.54. The lowest BCUT2D eigenvalue weighted by Crippen LogP contribution is -2.20. The van der Waals surface area contributed by atoms with Crippen LogP contribution in [0.5, 0.6) is 11.5 Å². The molecule has 0 saturated heterocycles. The Morgan fingerprint density at radius 3 is 2.46 bits per heavy atom. The van der Waals surface area contributed by atoms with E-state index in [2.05, 4.69) is 14.7 Å². The van der Waals surface area contributed by atoms with E-state index in [0.717, 1.165) is 31.4 Å². The molecule has 1 aliphatic rings. The molecule has 10 heteroatoms. The van der Waals surface area contributed by atoms with Crippen LogP contribution in [0.25, 0.3) is 29.0 Å². The Kier molecular flexibility index (Phi) is 6.82. The van der Waals surface area contributed by atoms with Gasteiger partial charge in [0.05, 0.1) is 12.2 Å². The third-order valence-corrected chi connectivity index (χ3v) is 6.22. The van der Waals surface area contributed by atoms with Crippen LogP contribution in [0.15, 0.2) is 60.8 Å². The number of alkyl halides is 5. The number of hydrogen-bond donors (Lipinski definition) is 0. The highest BCUT2D eigenvalue weighted by Gasteiger charge is 2.30. The molecule has 1 saturated carbocycles. The molecule has 1 aliphatic carbocycles. The fourth-order valence-electron chi connectivity index (χ4n) is 4.13. The molecule has 5 rings (SSSR count). The first-order valence-electron chi connectivity index (χ1n) is 11.7. The number of benzene rings is 2. The first kappa shape index (κ1) is 24.7. The third kappa shape index (κ3) is 5.42. The summed E-state index contributed by atoms with van der Waals surface area (Å²) >= 11 is 0. The van der Waals surface area contributed by atoms with Crippen LogP contribution in [0, 0.1) is 5.92 Å². The largest absolute Gasteiger partial charge is 0.489 e. The van der Waals surface area contributed by atoms with E-state index in [-0.39, 0.29) is 11.5 Å². The van der Waals surface area contributed by atoms with Gasteiger partial charge >= 0.3 is 12.8 Å². The Bertz CT molecular complexity index is 1410.